The predicted octanol–water partition coefficient (Wildman–Crippen LogP) is 3.07. The normalized spacial score (nSPS) is 27.4. The second-order valence-corrected chi connectivity index (χ2v) is 12.1. The molecule has 41 heavy (non-hydrogen) atoms. The number of nitrogens with zero attached hydrogens (tertiary/aromatic N) is 3. The average molecular weight is 559 g/mol. The number of anilines is 1. The van der Waals surface area contributed by atoms with E-state index in [1.807, 2.05) is 18.2 Å². The fourth-order valence-corrected chi connectivity index (χ4v) is 7.22. The zero-order chi connectivity index (χ0) is 27.9. The van der Waals surface area contributed by atoms with E-state index in [1.165, 1.54) is 17.7 Å². The first kappa shape index (κ1) is 26.5. The topological polar surface area (TPSA) is 91.4 Å². The average Bonchev–Trinajstić information content (AvgIpc) is 3.29. The van der Waals surface area contributed by atoms with E-state index in [1.54, 1.807) is 4.90 Å². The summed E-state index contributed by atoms with van der Waals surface area (Å²) in [6.07, 6.45) is 5.28. The van der Waals surface area contributed by atoms with E-state index in [0.717, 1.165) is 70.0 Å². The number of piperidine rings is 1. The number of fused-ring (bicyclic) bond motifs is 1. The molecule has 7 rings (SSSR count). The Morgan fingerprint density at radius 2 is 1.76 bits per heavy atom. The van der Waals surface area contributed by atoms with E-state index in [4.69, 9.17) is 9.47 Å². The van der Waals surface area contributed by atoms with Gasteiger partial charge in [-0.05, 0) is 67.1 Å². The number of carbonyl (C=O) groups is 3. The summed E-state index contributed by atoms with van der Waals surface area (Å²) in [5, 5.41) is 2.37. The van der Waals surface area contributed by atoms with Gasteiger partial charge in [0.1, 0.15) is 17.9 Å². The molecule has 4 aliphatic heterocycles. The van der Waals surface area contributed by atoms with Gasteiger partial charge in [-0.1, -0.05) is 18.6 Å². The van der Waals surface area contributed by atoms with Crippen molar-refractivity contribution >= 4 is 23.4 Å². The van der Waals surface area contributed by atoms with E-state index in [2.05, 4.69) is 39.4 Å². The van der Waals surface area contributed by atoms with E-state index < -0.39 is 6.04 Å². The number of hydrogen-bond donors (Lipinski definition) is 1. The number of likely N-dealkylation sites (tertiary alicyclic amines) is 1. The van der Waals surface area contributed by atoms with Gasteiger partial charge >= 0.3 is 0 Å². The number of benzene rings is 2. The molecule has 9 nitrogen and oxygen atoms in total. The molecule has 3 amide bonds. The molecule has 0 aromatic heterocycles. The molecule has 0 spiro atoms. The van der Waals surface area contributed by atoms with Gasteiger partial charge in [0.05, 0.1) is 13.2 Å². The highest BCUT2D eigenvalue weighted by atomic mass is 16.5. The van der Waals surface area contributed by atoms with E-state index in [0.29, 0.717) is 30.5 Å². The van der Waals surface area contributed by atoms with Crippen molar-refractivity contribution in [3.63, 3.8) is 0 Å². The van der Waals surface area contributed by atoms with Crippen LogP contribution in [0.5, 0.6) is 5.75 Å². The van der Waals surface area contributed by atoms with Crippen molar-refractivity contribution in [2.45, 2.75) is 69.2 Å². The highest BCUT2D eigenvalue weighted by Gasteiger charge is 2.41. The molecule has 1 saturated carbocycles. The number of nitrogens with one attached hydrogen (secondary N) is 1. The molecule has 0 radical (unpaired) electrons. The van der Waals surface area contributed by atoms with Crippen LogP contribution in [-0.2, 0) is 20.9 Å². The van der Waals surface area contributed by atoms with Crippen LogP contribution >= 0.6 is 0 Å². The van der Waals surface area contributed by atoms with Gasteiger partial charge in [0.25, 0.3) is 5.91 Å². The number of hydrogen-bond acceptors (Lipinski definition) is 7. The lowest BCUT2D eigenvalue weighted by molar-refractivity contribution is -0.136. The molecule has 216 valence electrons. The van der Waals surface area contributed by atoms with Crippen LogP contribution in [0.15, 0.2) is 42.5 Å². The molecule has 9 heteroatoms. The SMILES string of the molecule is O=C1CCC(N2Cc3cc(O[C@@H]4CCCC[C@H]4N4CC(c5cccc(N6CCOCC6)c5)C4)ccc3C2=O)C(=O)N1. The highest BCUT2D eigenvalue weighted by Crippen LogP contribution is 2.37. The van der Waals surface area contributed by atoms with Gasteiger partial charge in [-0.25, -0.2) is 0 Å². The molecule has 4 heterocycles. The molecule has 1 unspecified atom stereocenters. The number of amides is 3. The molecule has 0 bridgehead atoms. The van der Waals surface area contributed by atoms with E-state index >= 15 is 0 Å². The molecular weight excluding hydrogens is 520 g/mol. The first-order chi connectivity index (χ1) is 20.0. The third-order valence-corrected chi connectivity index (χ3v) is 9.55. The van der Waals surface area contributed by atoms with Gasteiger partial charge in [-0.2, -0.15) is 0 Å². The maximum absolute atomic E-state index is 13.1. The van der Waals surface area contributed by atoms with Crippen molar-refractivity contribution in [3.8, 4) is 5.75 Å². The minimum Gasteiger partial charge on any atom is -0.489 e. The van der Waals surface area contributed by atoms with Crippen LogP contribution in [0.3, 0.4) is 0 Å². The van der Waals surface area contributed by atoms with Crippen LogP contribution in [0.25, 0.3) is 0 Å². The van der Waals surface area contributed by atoms with Gasteiger partial charge in [0.15, 0.2) is 0 Å². The standard InChI is InChI=1S/C32H38N4O5/c37-30-11-10-28(31(38)33-30)36-20-22-17-25(8-9-26(22)32(36)39)41-29-7-2-1-6-27(29)35-18-23(19-35)21-4-3-5-24(16-21)34-12-14-40-15-13-34/h3-5,8-9,16-17,23,27-29H,1-2,6-7,10-15,18-20H2,(H,33,37,38)/t27-,28?,29-/m1/s1. The number of ether oxygens (including phenoxy) is 2. The van der Waals surface area contributed by atoms with Crippen molar-refractivity contribution in [2.24, 2.45) is 0 Å². The van der Waals surface area contributed by atoms with Crippen LogP contribution in [0, 0.1) is 0 Å². The van der Waals surface area contributed by atoms with Crippen LogP contribution in [0.4, 0.5) is 5.69 Å². The van der Waals surface area contributed by atoms with Crippen molar-refractivity contribution in [3.05, 3.63) is 59.2 Å². The summed E-state index contributed by atoms with van der Waals surface area (Å²) in [7, 11) is 0. The lowest BCUT2D eigenvalue weighted by Gasteiger charge is -2.48. The van der Waals surface area contributed by atoms with Gasteiger partial charge in [0.2, 0.25) is 11.8 Å². The fraction of sp³-hybridized carbons (Fsp3) is 0.531. The summed E-state index contributed by atoms with van der Waals surface area (Å²) in [6.45, 7) is 5.96. The maximum atomic E-state index is 13.1. The second-order valence-electron chi connectivity index (χ2n) is 12.1. The van der Waals surface area contributed by atoms with Crippen LogP contribution in [-0.4, -0.2) is 85.1 Å². The van der Waals surface area contributed by atoms with Gasteiger partial charge in [0, 0.05) is 62.4 Å². The van der Waals surface area contributed by atoms with Gasteiger partial charge in [-0.15, -0.1) is 0 Å². The van der Waals surface area contributed by atoms with Gasteiger partial charge < -0.3 is 19.3 Å². The lowest BCUT2D eigenvalue weighted by atomic mass is 9.84. The Bertz CT molecular complexity index is 1340. The second kappa shape index (κ2) is 11.1. The molecule has 1 aliphatic carbocycles. The Labute approximate surface area is 240 Å². The Kier molecular flexibility index (Phi) is 7.16. The van der Waals surface area contributed by atoms with Crippen molar-refractivity contribution < 1.29 is 23.9 Å². The first-order valence-electron chi connectivity index (χ1n) is 15.1. The minimum atomic E-state index is -0.603. The zero-order valence-corrected chi connectivity index (χ0v) is 23.4. The quantitative estimate of drug-likeness (QED) is 0.545. The van der Waals surface area contributed by atoms with Crippen molar-refractivity contribution in [1.29, 1.82) is 0 Å². The zero-order valence-electron chi connectivity index (χ0n) is 23.4. The summed E-state index contributed by atoms with van der Waals surface area (Å²) in [4.78, 5) is 43.6. The summed E-state index contributed by atoms with van der Waals surface area (Å²) >= 11 is 0. The maximum Gasteiger partial charge on any atom is 0.255 e. The third kappa shape index (κ3) is 5.21. The lowest BCUT2D eigenvalue weighted by Crippen LogP contribution is -2.57. The van der Waals surface area contributed by atoms with Crippen LogP contribution in [0.1, 0.15) is 65.9 Å². The molecule has 2 aromatic rings. The summed E-state index contributed by atoms with van der Waals surface area (Å²) in [5.41, 5.74) is 4.22. The Morgan fingerprint density at radius 1 is 0.927 bits per heavy atom. The molecule has 4 fully saturated rings. The molecule has 2 aromatic carbocycles. The molecular formula is C32H38N4O5. The van der Waals surface area contributed by atoms with E-state index in [9.17, 15) is 14.4 Å². The summed E-state index contributed by atoms with van der Waals surface area (Å²) in [6, 6.07) is 14.5. The van der Waals surface area contributed by atoms with Gasteiger partial charge in [-0.3, -0.25) is 24.6 Å². The third-order valence-electron chi connectivity index (χ3n) is 9.55. The number of rotatable bonds is 6. The molecule has 5 aliphatic rings. The number of carbonyl (C=O) groups excluding carboxylic acids is 3. The Morgan fingerprint density at radius 3 is 2.59 bits per heavy atom. The highest BCUT2D eigenvalue weighted by molar-refractivity contribution is 6.05. The monoisotopic (exact) mass is 558 g/mol. The molecule has 1 N–H and O–H groups in total. The smallest absolute Gasteiger partial charge is 0.255 e. The molecule has 3 atom stereocenters. The minimum absolute atomic E-state index is 0.116. The van der Waals surface area contributed by atoms with Crippen molar-refractivity contribution in [2.75, 3.05) is 44.3 Å². The van der Waals surface area contributed by atoms with Crippen LogP contribution < -0.4 is 15.0 Å². The first-order valence-corrected chi connectivity index (χ1v) is 15.1. The Hall–Kier alpha value is -3.43. The summed E-state index contributed by atoms with van der Waals surface area (Å²) < 4.78 is 12.2. The van der Waals surface area contributed by atoms with Crippen molar-refractivity contribution in [1.82, 2.24) is 15.1 Å². The predicted molar refractivity (Wildman–Crippen MR) is 153 cm³/mol. The number of imide groups is 1. The number of morpholine rings is 1. The largest absolute Gasteiger partial charge is 0.489 e. The molecule has 3 saturated heterocycles. The summed E-state index contributed by atoms with van der Waals surface area (Å²) in [5.74, 6) is 0.519. The van der Waals surface area contributed by atoms with Crippen LogP contribution in [0.2, 0.25) is 0 Å². The van der Waals surface area contributed by atoms with E-state index in [-0.39, 0.29) is 30.2 Å². The fourth-order valence-electron chi connectivity index (χ4n) is 7.22. The Balaban J connectivity index is 0.991.